The van der Waals surface area contributed by atoms with Gasteiger partial charge in [0.1, 0.15) is 11.5 Å². The molecule has 6 heteroatoms. The number of carbonyl (C=O) groups excluding carboxylic acids is 2. The van der Waals surface area contributed by atoms with Gasteiger partial charge < -0.3 is 20.1 Å². The fourth-order valence-electron chi connectivity index (χ4n) is 3.58. The number of carbonyl (C=O) groups is 2. The predicted molar refractivity (Wildman–Crippen MR) is 136 cm³/mol. The molecule has 0 heterocycles. The van der Waals surface area contributed by atoms with E-state index in [4.69, 9.17) is 9.47 Å². The minimum atomic E-state index is -0.456. The molecule has 0 aliphatic carbocycles. The lowest BCUT2D eigenvalue weighted by atomic mass is 10.1. The predicted octanol–water partition coefficient (Wildman–Crippen LogP) is 5.27. The molecule has 0 aromatic heterocycles. The number of benzene rings is 2. The zero-order valence-electron chi connectivity index (χ0n) is 20.6. The maximum Gasteiger partial charge on any atom is 0.261 e. The van der Waals surface area contributed by atoms with Crippen molar-refractivity contribution in [3.8, 4) is 11.5 Å². The molecule has 0 saturated carbocycles. The second kappa shape index (κ2) is 16.6. The summed E-state index contributed by atoms with van der Waals surface area (Å²) in [5, 5.41) is 5.98. The molecular formula is C28H40N2O4. The number of nitrogens with one attached hydrogen (secondary N) is 2. The van der Waals surface area contributed by atoms with Crippen LogP contribution in [0.15, 0.2) is 60.7 Å². The van der Waals surface area contributed by atoms with Gasteiger partial charge in [-0.3, -0.25) is 9.59 Å². The lowest BCUT2D eigenvalue weighted by Crippen LogP contribution is -2.38. The van der Waals surface area contributed by atoms with Crippen LogP contribution in [0, 0.1) is 0 Å². The molecule has 2 aromatic rings. The SMILES string of the molecule is CCC(Oc1ccccc1)C(=O)NCCCCCCCCNC(=O)C(CC)Oc1ccccc1. The summed E-state index contributed by atoms with van der Waals surface area (Å²) in [6.07, 6.45) is 6.66. The van der Waals surface area contributed by atoms with E-state index in [2.05, 4.69) is 10.6 Å². The normalized spacial score (nSPS) is 12.4. The Morgan fingerprint density at radius 2 is 0.971 bits per heavy atom. The van der Waals surface area contributed by atoms with E-state index < -0.39 is 12.2 Å². The van der Waals surface area contributed by atoms with Crippen molar-refractivity contribution in [2.24, 2.45) is 0 Å². The zero-order valence-corrected chi connectivity index (χ0v) is 20.6. The third-order valence-corrected chi connectivity index (χ3v) is 5.57. The smallest absolute Gasteiger partial charge is 0.261 e. The summed E-state index contributed by atoms with van der Waals surface area (Å²) in [6, 6.07) is 18.9. The highest BCUT2D eigenvalue weighted by atomic mass is 16.5. The van der Waals surface area contributed by atoms with Gasteiger partial charge in [0.25, 0.3) is 11.8 Å². The molecule has 0 saturated heterocycles. The van der Waals surface area contributed by atoms with Crippen LogP contribution in [-0.4, -0.2) is 37.1 Å². The van der Waals surface area contributed by atoms with Crippen molar-refractivity contribution < 1.29 is 19.1 Å². The monoisotopic (exact) mass is 468 g/mol. The second-order valence-corrected chi connectivity index (χ2v) is 8.36. The average molecular weight is 469 g/mol. The Hall–Kier alpha value is -3.02. The number of hydrogen-bond donors (Lipinski definition) is 2. The van der Waals surface area contributed by atoms with Crippen LogP contribution in [0.5, 0.6) is 11.5 Å². The molecular weight excluding hydrogens is 428 g/mol. The molecule has 0 spiro atoms. The lowest BCUT2D eigenvalue weighted by molar-refractivity contribution is -0.128. The molecule has 2 unspecified atom stereocenters. The minimum absolute atomic E-state index is 0.0521. The van der Waals surface area contributed by atoms with Crippen LogP contribution in [0.3, 0.4) is 0 Å². The summed E-state index contributed by atoms with van der Waals surface area (Å²) in [6.45, 7) is 5.25. The van der Waals surface area contributed by atoms with E-state index in [1.165, 1.54) is 0 Å². The van der Waals surface area contributed by atoms with Gasteiger partial charge in [0.05, 0.1) is 0 Å². The van der Waals surface area contributed by atoms with Gasteiger partial charge in [-0.2, -0.15) is 0 Å². The summed E-state index contributed by atoms with van der Waals surface area (Å²) in [5.74, 6) is 1.33. The largest absolute Gasteiger partial charge is 0.481 e. The highest BCUT2D eigenvalue weighted by Gasteiger charge is 2.18. The Labute approximate surface area is 204 Å². The Kier molecular flexibility index (Phi) is 13.3. The fourth-order valence-corrected chi connectivity index (χ4v) is 3.58. The summed E-state index contributed by atoms with van der Waals surface area (Å²) in [7, 11) is 0. The zero-order chi connectivity index (χ0) is 24.4. The van der Waals surface area contributed by atoms with Crippen LogP contribution in [-0.2, 0) is 9.59 Å². The number of ether oxygens (including phenoxy) is 2. The van der Waals surface area contributed by atoms with Crippen molar-refractivity contribution in [3.05, 3.63) is 60.7 Å². The van der Waals surface area contributed by atoms with Gasteiger partial charge in [-0.15, -0.1) is 0 Å². The third kappa shape index (κ3) is 10.7. The van der Waals surface area contributed by atoms with Crippen molar-refractivity contribution in [3.63, 3.8) is 0 Å². The highest BCUT2D eigenvalue weighted by Crippen LogP contribution is 2.14. The van der Waals surface area contributed by atoms with Crippen LogP contribution >= 0.6 is 0 Å². The van der Waals surface area contributed by atoms with Crippen molar-refractivity contribution >= 4 is 11.8 Å². The Bertz CT molecular complexity index is 744. The van der Waals surface area contributed by atoms with E-state index in [1.54, 1.807) is 0 Å². The minimum Gasteiger partial charge on any atom is -0.481 e. The molecule has 2 rings (SSSR count). The van der Waals surface area contributed by atoms with Gasteiger partial charge in [0.15, 0.2) is 12.2 Å². The standard InChI is InChI=1S/C28H40N2O4/c1-3-25(33-23-17-11-9-12-18-23)27(31)29-21-15-7-5-6-8-16-22-30-28(32)26(4-2)34-24-19-13-10-14-20-24/h9-14,17-20,25-26H,3-8,15-16,21-22H2,1-2H3,(H,29,31)(H,30,32). The molecule has 2 aromatic carbocycles. The van der Waals surface area contributed by atoms with Crippen LogP contribution in [0.4, 0.5) is 0 Å². The van der Waals surface area contributed by atoms with Gasteiger partial charge in [0, 0.05) is 13.1 Å². The molecule has 2 N–H and O–H groups in total. The van der Waals surface area contributed by atoms with E-state index in [9.17, 15) is 9.59 Å². The summed E-state index contributed by atoms with van der Waals surface area (Å²) in [5.41, 5.74) is 0. The van der Waals surface area contributed by atoms with E-state index >= 15 is 0 Å². The Balaban J connectivity index is 1.47. The fraction of sp³-hybridized carbons (Fsp3) is 0.500. The van der Waals surface area contributed by atoms with E-state index in [0.29, 0.717) is 25.9 Å². The van der Waals surface area contributed by atoms with Gasteiger partial charge in [-0.25, -0.2) is 0 Å². The Morgan fingerprint density at radius 1 is 0.618 bits per heavy atom. The highest BCUT2D eigenvalue weighted by molar-refractivity contribution is 5.81. The van der Waals surface area contributed by atoms with Gasteiger partial charge in [0.2, 0.25) is 0 Å². The van der Waals surface area contributed by atoms with Gasteiger partial charge in [-0.05, 0) is 49.9 Å². The molecule has 6 nitrogen and oxygen atoms in total. The molecule has 2 amide bonds. The number of hydrogen-bond acceptors (Lipinski definition) is 4. The van der Waals surface area contributed by atoms with E-state index in [1.807, 2.05) is 74.5 Å². The first kappa shape index (κ1) is 27.2. The number of para-hydroxylation sites is 2. The first-order valence-electron chi connectivity index (χ1n) is 12.6. The van der Waals surface area contributed by atoms with Crippen LogP contribution in [0.2, 0.25) is 0 Å². The number of rotatable bonds is 17. The maximum atomic E-state index is 12.3. The van der Waals surface area contributed by atoms with E-state index in [0.717, 1.165) is 50.0 Å². The molecule has 0 aliphatic heterocycles. The Morgan fingerprint density at radius 3 is 1.32 bits per heavy atom. The molecule has 2 atom stereocenters. The van der Waals surface area contributed by atoms with Crippen LogP contribution < -0.4 is 20.1 Å². The summed E-state index contributed by atoms with van der Waals surface area (Å²) < 4.78 is 11.6. The quantitative estimate of drug-likeness (QED) is 0.310. The molecule has 0 aliphatic rings. The number of amides is 2. The first-order valence-corrected chi connectivity index (χ1v) is 12.6. The van der Waals surface area contributed by atoms with Crippen molar-refractivity contribution in [1.29, 1.82) is 0 Å². The lowest BCUT2D eigenvalue weighted by Gasteiger charge is -2.17. The van der Waals surface area contributed by atoms with Gasteiger partial charge >= 0.3 is 0 Å². The van der Waals surface area contributed by atoms with E-state index in [-0.39, 0.29) is 11.8 Å². The van der Waals surface area contributed by atoms with Crippen molar-refractivity contribution in [2.45, 2.75) is 77.4 Å². The topological polar surface area (TPSA) is 76.7 Å². The number of unbranched alkanes of at least 4 members (excludes halogenated alkanes) is 5. The average Bonchev–Trinajstić information content (AvgIpc) is 2.87. The first-order chi connectivity index (χ1) is 16.6. The molecule has 0 bridgehead atoms. The molecule has 186 valence electrons. The molecule has 0 fully saturated rings. The summed E-state index contributed by atoms with van der Waals surface area (Å²) in [4.78, 5) is 24.7. The molecule has 0 radical (unpaired) electrons. The van der Waals surface area contributed by atoms with Crippen molar-refractivity contribution in [2.75, 3.05) is 13.1 Å². The van der Waals surface area contributed by atoms with Gasteiger partial charge in [-0.1, -0.05) is 75.9 Å². The molecule has 34 heavy (non-hydrogen) atoms. The maximum absolute atomic E-state index is 12.3. The van der Waals surface area contributed by atoms with Crippen LogP contribution in [0.25, 0.3) is 0 Å². The second-order valence-electron chi connectivity index (χ2n) is 8.36. The van der Waals surface area contributed by atoms with Crippen LogP contribution in [0.1, 0.15) is 65.2 Å². The summed E-state index contributed by atoms with van der Waals surface area (Å²) >= 11 is 0. The van der Waals surface area contributed by atoms with Crippen molar-refractivity contribution in [1.82, 2.24) is 10.6 Å². The third-order valence-electron chi connectivity index (χ3n) is 5.57.